The van der Waals surface area contributed by atoms with Crippen LogP contribution in [-0.4, -0.2) is 15.9 Å². The fourth-order valence-electron chi connectivity index (χ4n) is 5.13. The van der Waals surface area contributed by atoms with E-state index in [0.29, 0.717) is 5.92 Å². The van der Waals surface area contributed by atoms with E-state index >= 15 is 0 Å². The third-order valence-electron chi connectivity index (χ3n) is 7.41. The van der Waals surface area contributed by atoms with Crippen molar-refractivity contribution in [2.75, 3.05) is 0 Å². The van der Waals surface area contributed by atoms with Crippen LogP contribution in [0.1, 0.15) is 78.4 Å². The second-order valence-corrected chi connectivity index (χ2v) is 10.8. The molecule has 0 amide bonds. The molecule has 217 valence electrons. The van der Waals surface area contributed by atoms with Gasteiger partial charge in [0.2, 0.25) is 0 Å². The van der Waals surface area contributed by atoms with E-state index in [4.69, 9.17) is 4.42 Å². The zero-order chi connectivity index (χ0) is 28.5. The number of ketones is 1. The number of hydrogen-bond donors (Lipinski definition) is 1. The van der Waals surface area contributed by atoms with E-state index in [1.165, 1.54) is 17.0 Å². The van der Waals surface area contributed by atoms with Crippen molar-refractivity contribution < 1.29 is 34.4 Å². The molecule has 0 bridgehead atoms. The molecule has 0 aliphatic heterocycles. The Hall–Kier alpha value is -2.75. The maximum atomic E-state index is 11.7. The molecule has 0 atom stereocenters. The number of hydrogen-bond acceptors (Lipinski definition) is 4. The summed E-state index contributed by atoms with van der Waals surface area (Å²) in [5.41, 5.74) is 5.19. The van der Waals surface area contributed by atoms with E-state index in [9.17, 15) is 9.90 Å². The number of furan rings is 1. The average molecular weight is 719 g/mol. The molecule has 0 saturated carbocycles. The zero-order valence-corrected chi connectivity index (χ0v) is 27.4. The van der Waals surface area contributed by atoms with Crippen molar-refractivity contribution in [2.45, 2.75) is 80.6 Å². The number of aliphatic hydroxyl groups is 1. The van der Waals surface area contributed by atoms with Crippen LogP contribution in [0, 0.1) is 30.7 Å². The van der Waals surface area contributed by atoms with Crippen LogP contribution in [0.3, 0.4) is 0 Å². The van der Waals surface area contributed by atoms with Gasteiger partial charge in [-0.2, -0.15) is 0 Å². The van der Waals surface area contributed by atoms with Crippen molar-refractivity contribution in [1.82, 2.24) is 4.98 Å². The van der Waals surface area contributed by atoms with Crippen molar-refractivity contribution in [2.24, 2.45) is 17.8 Å². The number of allylic oxidation sites excluding steroid dienone is 2. The second kappa shape index (κ2) is 15.9. The van der Waals surface area contributed by atoms with Gasteiger partial charge in [-0.05, 0) is 72.2 Å². The normalized spacial score (nSPS) is 11.7. The monoisotopic (exact) mass is 719 g/mol. The molecular weight excluding hydrogens is 675 g/mol. The van der Waals surface area contributed by atoms with Crippen LogP contribution in [0.15, 0.2) is 65.1 Å². The van der Waals surface area contributed by atoms with Gasteiger partial charge in [0, 0.05) is 44.2 Å². The Morgan fingerprint density at radius 1 is 0.975 bits per heavy atom. The summed E-state index contributed by atoms with van der Waals surface area (Å²) in [6, 6.07) is 16.3. The molecular formula is C35H44IrNO3-. The minimum Gasteiger partial charge on any atom is -0.512 e. The van der Waals surface area contributed by atoms with Gasteiger partial charge in [0.05, 0.1) is 17.6 Å². The molecule has 0 saturated heterocycles. The molecule has 2 heterocycles. The molecule has 1 N–H and O–H groups in total. The summed E-state index contributed by atoms with van der Waals surface area (Å²) in [5, 5.41) is 13.2. The van der Waals surface area contributed by atoms with Crippen LogP contribution in [-0.2, 0) is 31.3 Å². The number of carbonyl (C=O) groups is 1. The summed E-state index contributed by atoms with van der Waals surface area (Å²) in [7, 11) is 0. The zero-order valence-electron chi connectivity index (χ0n) is 25.0. The Morgan fingerprint density at radius 2 is 1.65 bits per heavy atom. The standard InChI is InChI=1S/C22H20NO.C13H24O2.Ir/c1-14(2)10-16-4-5-19-17(13-16)6-8-23-21(19)20-12-15(3)11-18-7-9-24-22(18)20;1-5-10(6-2)12(14)9-13(15)11(7-3)8-4;/h4-9,11,13-14H,10H2,1-3H3;9-11,14H,5-8H2,1-4H3;/q-1;;/b;12-9-;. The SMILES string of the molecule is CCC(CC)C(=O)/C=C(\O)C(CC)CC.Cc1[c-]c(-c2nccc3cc(CC(C)C)ccc23)c2occc2c1.[Ir]. The van der Waals surface area contributed by atoms with Crippen molar-refractivity contribution in [3.05, 3.63) is 77.9 Å². The van der Waals surface area contributed by atoms with Crippen molar-refractivity contribution in [3.63, 3.8) is 0 Å². The summed E-state index contributed by atoms with van der Waals surface area (Å²) in [6.07, 6.45) is 9.60. The summed E-state index contributed by atoms with van der Waals surface area (Å²) >= 11 is 0. The molecule has 40 heavy (non-hydrogen) atoms. The minimum atomic E-state index is 0. The van der Waals surface area contributed by atoms with E-state index < -0.39 is 0 Å². The van der Waals surface area contributed by atoms with E-state index in [0.717, 1.165) is 65.3 Å². The van der Waals surface area contributed by atoms with E-state index in [1.54, 1.807) is 6.26 Å². The van der Waals surface area contributed by atoms with Crippen molar-refractivity contribution in [1.29, 1.82) is 0 Å². The van der Waals surface area contributed by atoms with Crippen LogP contribution < -0.4 is 0 Å². The number of aromatic nitrogens is 1. The van der Waals surface area contributed by atoms with Crippen LogP contribution >= 0.6 is 0 Å². The first kappa shape index (κ1) is 33.5. The molecule has 5 heteroatoms. The first-order chi connectivity index (χ1) is 18.7. The summed E-state index contributed by atoms with van der Waals surface area (Å²) < 4.78 is 5.71. The number of carbonyl (C=O) groups excluding carboxylic acids is 1. The number of aliphatic hydroxyl groups excluding tert-OH is 1. The Bertz CT molecular complexity index is 1410. The first-order valence-corrected chi connectivity index (χ1v) is 14.4. The van der Waals surface area contributed by atoms with Crippen molar-refractivity contribution >= 4 is 27.5 Å². The van der Waals surface area contributed by atoms with Gasteiger partial charge < -0.3 is 14.5 Å². The Balaban J connectivity index is 0.000000307. The van der Waals surface area contributed by atoms with Gasteiger partial charge in [0.15, 0.2) is 5.78 Å². The van der Waals surface area contributed by atoms with E-state index in [1.807, 2.05) is 40.0 Å². The van der Waals surface area contributed by atoms with Crippen LogP contribution in [0.4, 0.5) is 0 Å². The van der Waals surface area contributed by atoms with Crippen LogP contribution in [0.25, 0.3) is 33.0 Å². The van der Waals surface area contributed by atoms with Gasteiger partial charge in [-0.25, -0.2) is 0 Å². The first-order valence-electron chi connectivity index (χ1n) is 14.4. The number of rotatable bonds is 10. The van der Waals surface area contributed by atoms with E-state index in [-0.39, 0.29) is 43.5 Å². The minimum absolute atomic E-state index is 0. The molecule has 4 rings (SSSR count). The van der Waals surface area contributed by atoms with Gasteiger partial charge in [-0.3, -0.25) is 4.79 Å². The molecule has 0 unspecified atom stereocenters. The van der Waals surface area contributed by atoms with Crippen molar-refractivity contribution in [3.8, 4) is 11.3 Å². The summed E-state index contributed by atoms with van der Waals surface area (Å²) in [6.45, 7) is 14.6. The Labute approximate surface area is 253 Å². The molecule has 0 spiro atoms. The topological polar surface area (TPSA) is 63.3 Å². The number of fused-ring (bicyclic) bond motifs is 2. The molecule has 0 aliphatic rings. The number of aryl methyl sites for hydroxylation is 1. The van der Waals surface area contributed by atoms with Crippen LogP contribution in [0.5, 0.6) is 0 Å². The third-order valence-corrected chi connectivity index (χ3v) is 7.41. The second-order valence-electron chi connectivity index (χ2n) is 10.8. The Morgan fingerprint density at radius 3 is 2.27 bits per heavy atom. The molecule has 2 aromatic carbocycles. The fourth-order valence-corrected chi connectivity index (χ4v) is 5.13. The largest absolute Gasteiger partial charge is 0.512 e. The molecule has 0 aliphatic carbocycles. The van der Waals surface area contributed by atoms with Gasteiger partial charge in [-0.15, -0.1) is 17.7 Å². The molecule has 2 aromatic heterocycles. The number of pyridine rings is 1. The fraction of sp³-hybridized carbons (Fsp3) is 0.429. The molecule has 0 fully saturated rings. The van der Waals surface area contributed by atoms with Gasteiger partial charge in [0.1, 0.15) is 0 Å². The van der Waals surface area contributed by atoms with Gasteiger partial charge in [-0.1, -0.05) is 77.6 Å². The van der Waals surface area contributed by atoms with Gasteiger partial charge in [0.25, 0.3) is 0 Å². The van der Waals surface area contributed by atoms with Gasteiger partial charge >= 0.3 is 0 Å². The third kappa shape index (κ3) is 8.38. The number of nitrogens with zero attached hydrogens (tertiary/aromatic N) is 1. The maximum Gasteiger partial charge on any atom is 0.162 e. The molecule has 1 radical (unpaired) electrons. The predicted molar refractivity (Wildman–Crippen MR) is 163 cm³/mol. The summed E-state index contributed by atoms with van der Waals surface area (Å²) in [5.74, 6) is 1.20. The Kier molecular flexibility index (Phi) is 13.3. The number of benzene rings is 2. The summed E-state index contributed by atoms with van der Waals surface area (Å²) in [4.78, 5) is 16.4. The molecule has 4 aromatic rings. The molecule has 4 nitrogen and oxygen atoms in total. The van der Waals surface area contributed by atoms with Crippen LogP contribution in [0.2, 0.25) is 0 Å². The maximum absolute atomic E-state index is 11.7. The average Bonchev–Trinajstić information content (AvgIpc) is 3.37. The smallest absolute Gasteiger partial charge is 0.162 e. The van der Waals surface area contributed by atoms with E-state index in [2.05, 4.69) is 62.2 Å². The predicted octanol–water partition coefficient (Wildman–Crippen LogP) is 9.82. The quantitative estimate of drug-likeness (QED) is 0.101.